The van der Waals surface area contributed by atoms with E-state index in [1.807, 2.05) is 0 Å². The Balaban J connectivity index is 2.32. The van der Waals surface area contributed by atoms with Crippen LogP contribution in [-0.4, -0.2) is 22.4 Å². The van der Waals surface area contributed by atoms with Crippen LogP contribution in [-0.2, 0) is 11.3 Å². The fraction of sp³-hybridized carbons (Fsp3) is 0.333. The summed E-state index contributed by atoms with van der Waals surface area (Å²) in [6.07, 6.45) is 0. The van der Waals surface area contributed by atoms with Gasteiger partial charge in [-0.15, -0.1) is 0 Å². The molecule has 1 N–H and O–H groups in total. The second kappa shape index (κ2) is 4.04. The average Bonchev–Trinajstić information content (AvgIpc) is 2.47. The summed E-state index contributed by atoms with van der Waals surface area (Å²) in [4.78, 5) is 24.3. The molecule has 1 heterocycles. The lowest BCUT2D eigenvalue weighted by Gasteiger charge is -2.28. The van der Waals surface area contributed by atoms with Crippen molar-refractivity contribution < 1.29 is 18.4 Å². The number of benzene rings is 1. The molecule has 1 saturated heterocycles. The van der Waals surface area contributed by atoms with Gasteiger partial charge in [0.25, 0.3) is 5.91 Å². The molecule has 0 aliphatic carbocycles. The molecule has 6 heteroatoms. The summed E-state index contributed by atoms with van der Waals surface area (Å²) in [5.74, 6) is -2.43. The van der Waals surface area contributed by atoms with Gasteiger partial charge in [0.15, 0.2) is 11.6 Å². The Morgan fingerprint density at radius 2 is 1.94 bits per heavy atom. The zero-order valence-electron chi connectivity index (χ0n) is 9.96. The van der Waals surface area contributed by atoms with Crippen molar-refractivity contribution in [3.05, 3.63) is 35.4 Å². The number of carbonyl (C=O) groups is 2. The number of urea groups is 1. The monoisotopic (exact) mass is 254 g/mol. The maximum Gasteiger partial charge on any atom is 0.325 e. The third-order valence-corrected chi connectivity index (χ3v) is 3.06. The number of carbonyl (C=O) groups excluding carboxylic acids is 2. The van der Waals surface area contributed by atoms with Crippen LogP contribution in [0.25, 0.3) is 0 Å². The van der Waals surface area contributed by atoms with Gasteiger partial charge in [0.2, 0.25) is 0 Å². The van der Waals surface area contributed by atoms with Crippen molar-refractivity contribution >= 4 is 11.9 Å². The van der Waals surface area contributed by atoms with Crippen molar-refractivity contribution in [2.75, 3.05) is 0 Å². The van der Waals surface area contributed by atoms with Gasteiger partial charge in [0, 0.05) is 5.56 Å². The average molecular weight is 254 g/mol. The number of amides is 3. The molecule has 0 atom stereocenters. The van der Waals surface area contributed by atoms with Gasteiger partial charge in [-0.05, 0) is 19.9 Å². The molecule has 0 aromatic heterocycles. The van der Waals surface area contributed by atoms with Gasteiger partial charge in [-0.2, -0.15) is 0 Å². The number of nitrogens with zero attached hydrogens (tertiary/aromatic N) is 1. The summed E-state index contributed by atoms with van der Waals surface area (Å²) >= 11 is 0. The molecule has 0 saturated carbocycles. The normalized spacial score (nSPS) is 18.1. The lowest BCUT2D eigenvalue weighted by atomic mass is 10.0. The lowest BCUT2D eigenvalue weighted by Crippen LogP contribution is -2.43. The van der Waals surface area contributed by atoms with E-state index in [1.165, 1.54) is 17.0 Å². The topological polar surface area (TPSA) is 49.4 Å². The standard InChI is InChI=1S/C12H12F2N2O2/c1-12(2)10(17)15-11(18)16(12)6-7-4-3-5-8(13)9(7)14/h3-5H,6H2,1-2H3,(H,15,17,18). The van der Waals surface area contributed by atoms with Gasteiger partial charge in [0.05, 0.1) is 6.54 Å². The minimum absolute atomic E-state index is 0.0351. The van der Waals surface area contributed by atoms with Gasteiger partial charge in [-0.3, -0.25) is 10.1 Å². The van der Waals surface area contributed by atoms with E-state index in [4.69, 9.17) is 0 Å². The molecular weight excluding hydrogens is 242 g/mol. The van der Waals surface area contributed by atoms with Crippen molar-refractivity contribution in [1.29, 1.82) is 0 Å². The Kier molecular flexibility index (Phi) is 2.80. The first kappa shape index (κ1) is 12.5. The molecule has 0 radical (unpaired) electrons. The highest BCUT2D eigenvalue weighted by atomic mass is 19.2. The molecule has 4 nitrogen and oxygen atoms in total. The zero-order chi connectivity index (χ0) is 13.5. The van der Waals surface area contributed by atoms with Gasteiger partial charge in [0.1, 0.15) is 5.54 Å². The van der Waals surface area contributed by atoms with Gasteiger partial charge < -0.3 is 4.90 Å². The third kappa shape index (κ3) is 1.83. The number of hydrogen-bond acceptors (Lipinski definition) is 2. The number of rotatable bonds is 2. The van der Waals surface area contributed by atoms with Gasteiger partial charge in [-0.25, -0.2) is 13.6 Å². The molecular formula is C12H12F2N2O2. The summed E-state index contributed by atoms with van der Waals surface area (Å²) in [5, 5.41) is 2.14. The molecule has 0 unspecified atom stereocenters. The maximum absolute atomic E-state index is 13.5. The van der Waals surface area contributed by atoms with E-state index in [2.05, 4.69) is 5.32 Å². The lowest BCUT2D eigenvalue weighted by molar-refractivity contribution is -0.125. The number of nitrogens with one attached hydrogen (secondary N) is 1. The predicted molar refractivity (Wildman–Crippen MR) is 59.5 cm³/mol. The van der Waals surface area contributed by atoms with E-state index in [0.717, 1.165) is 6.07 Å². The van der Waals surface area contributed by atoms with Crippen LogP contribution in [0.4, 0.5) is 13.6 Å². The Morgan fingerprint density at radius 1 is 1.28 bits per heavy atom. The molecule has 0 bridgehead atoms. The van der Waals surface area contributed by atoms with Crippen LogP contribution in [0, 0.1) is 11.6 Å². The van der Waals surface area contributed by atoms with Crippen molar-refractivity contribution in [1.82, 2.24) is 10.2 Å². The molecule has 2 rings (SSSR count). The predicted octanol–water partition coefficient (Wildman–Crippen LogP) is 1.80. The first-order valence-electron chi connectivity index (χ1n) is 5.40. The largest absolute Gasteiger partial charge is 0.325 e. The van der Waals surface area contributed by atoms with Gasteiger partial charge >= 0.3 is 6.03 Å². The molecule has 96 valence electrons. The minimum Gasteiger partial charge on any atom is -0.306 e. The van der Waals surface area contributed by atoms with Crippen LogP contribution in [0.1, 0.15) is 19.4 Å². The number of hydrogen-bond donors (Lipinski definition) is 1. The SMILES string of the molecule is CC1(C)C(=O)NC(=O)N1Cc1cccc(F)c1F. The highest BCUT2D eigenvalue weighted by Crippen LogP contribution is 2.24. The minimum atomic E-state index is -1.07. The van der Waals surface area contributed by atoms with Crippen molar-refractivity contribution in [2.45, 2.75) is 25.9 Å². The quantitative estimate of drug-likeness (QED) is 0.818. The molecule has 1 fully saturated rings. The highest BCUT2D eigenvalue weighted by molar-refractivity contribution is 6.06. The summed E-state index contributed by atoms with van der Waals surface area (Å²) in [6, 6.07) is 3.13. The summed E-state index contributed by atoms with van der Waals surface area (Å²) in [5.41, 5.74) is -1.04. The zero-order valence-corrected chi connectivity index (χ0v) is 9.96. The number of halogens is 2. The van der Waals surface area contributed by atoms with Gasteiger partial charge in [-0.1, -0.05) is 12.1 Å². The van der Waals surface area contributed by atoms with E-state index in [-0.39, 0.29) is 12.1 Å². The van der Waals surface area contributed by atoms with E-state index in [0.29, 0.717) is 0 Å². The molecule has 1 aliphatic heterocycles. The molecule has 3 amide bonds. The van der Waals surface area contributed by atoms with Crippen molar-refractivity contribution in [3.63, 3.8) is 0 Å². The summed E-state index contributed by atoms with van der Waals surface area (Å²) < 4.78 is 26.6. The Labute approximate surface area is 103 Å². The van der Waals surface area contributed by atoms with Crippen LogP contribution >= 0.6 is 0 Å². The smallest absolute Gasteiger partial charge is 0.306 e. The van der Waals surface area contributed by atoms with E-state index >= 15 is 0 Å². The van der Waals surface area contributed by atoms with E-state index in [1.54, 1.807) is 13.8 Å². The Bertz CT molecular complexity index is 529. The van der Waals surface area contributed by atoms with E-state index in [9.17, 15) is 18.4 Å². The molecule has 18 heavy (non-hydrogen) atoms. The number of imide groups is 1. The second-order valence-corrected chi connectivity index (χ2v) is 4.62. The van der Waals surface area contributed by atoms with Crippen LogP contribution in [0.5, 0.6) is 0 Å². The fourth-order valence-corrected chi connectivity index (χ4v) is 1.80. The second-order valence-electron chi connectivity index (χ2n) is 4.62. The maximum atomic E-state index is 13.5. The van der Waals surface area contributed by atoms with Crippen molar-refractivity contribution in [2.24, 2.45) is 0 Å². The van der Waals surface area contributed by atoms with Crippen LogP contribution < -0.4 is 5.32 Å². The van der Waals surface area contributed by atoms with E-state index < -0.39 is 29.1 Å². The third-order valence-electron chi connectivity index (χ3n) is 3.06. The Morgan fingerprint density at radius 3 is 2.50 bits per heavy atom. The summed E-state index contributed by atoms with van der Waals surface area (Å²) in [6.45, 7) is 2.93. The van der Waals surface area contributed by atoms with Crippen molar-refractivity contribution in [3.8, 4) is 0 Å². The fourth-order valence-electron chi connectivity index (χ4n) is 1.80. The molecule has 1 aromatic rings. The first-order valence-corrected chi connectivity index (χ1v) is 5.40. The highest BCUT2D eigenvalue weighted by Gasteiger charge is 2.45. The molecule has 1 aliphatic rings. The summed E-state index contributed by atoms with van der Waals surface area (Å²) in [7, 11) is 0. The molecule has 1 aromatic carbocycles. The van der Waals surface area contributed by atoms with Crippen LogP contribution in [0.3, 0.4) is 0 Å². The Hall–Kier alpha value is -1.98. The van der Waals surface area contributed by atoms with Crippen LogP contribution in [0.15, 0.2) is 18.2 Å². The van der Waals surface area contributed by atoms with Crippen LogP contribution in [0.2, 0.25) is 0 Å². The first-order chi connectivity index (χ1) is 8.34. The molecule has 0 spiro atoms.